The molecular formula is C23H27N3O4S. The van der Waals surface area contributed by atoms with Crippen molar-refractivity contribution in [3.8, 4) is 22.9 Å². The summed E-state index contributed by atoms with van der Waals surface area (Å²) in [5.74, 6) is 0.1000. The molecule has 1 aliphatic carbocycles. The van der Waals surface area contributed by atoms with Gasteiger partial charge in [-0.05, 0) is 48.6 Å². The molecule has 1 amide bonds. The quantitative estimate of drug-likeness (QED) is 0.579. The zero-order valence-electron chi connectivity index (χ0n) is 17.7. The fourth-order valence-corrected chi connectivity index (χ4v) is 3.84. The van der Waals surface area contributed by atoms with Gasteiger partial charge >= 0.3 is 10.1 Å². The van der Waals surface area contributed by atoms with E-state index in [0.29, 0.717) is 12.5 Å². The number of hydrogen-bond donors (Lipinski definition) is 2. The van der Waals surface area contributed by atoms with E-state index in [4.69, 9.17) is 4.18 Å². The van der Waals surface area contributed by atoms with Crippen LogP contribution in [-0.4, -0.2) is 38.7 Å². The molecule has 0 aliphatic heterocycles. The van der Waals surface area contributed by atoms with Gasteiger partial charge in [0.05, 0.1) is 18.4 Å². The maximum Gasteiger partial charge on any atom is 0.306 e. The standard InChI is InChI=1S/C23H27N3O4S/c1-16(25-20-4-3-5-20)23(27)26-21(15-24)14-17-6-8-18(9-7-17)19-10-12-22(13-11-19)30-31(2,28)29/h6-13,16,20-21,25H,3-5,14H2,1-2H3,(H,26,27)/t16?,21-/m0/s1. The Balaban J connectivity index is 1.57. The summed E-state index contributed by atoms with van der Waals surface area (Å²) in [6, 6.07) is 16.1. The van der Waals surface area contributed by atoms with Gasteiger partial charge in [-0.1, -0.05) is 42.8 Å². The van der Waals surface area contributed by atoms with Gasteiger partial charge in [-0.15, -0.1) is 0 Å². The highest BCUT2D eigenvalue weighted by Crippen LogP contribution is 2.24. The molecule has 2 aromatic carbocycles. The van der Waals surface area contributed by atoms with Gasteiger partial charge in [-0.2, -0.15) is 13.7 Å². The second kappa shape index (κ2) is 9.94. The number of nitrogens with zero attached hydrogens (tertiary/aromatic N) is 1. The average Bonchev–Trinajstić information content (AvgIpc) is 2.70. The summed E-state index contributed by atoms with van der Waals surface area (Å²) in [7, 11) is -3.55. The van der Waals surface area contributed by atoms with Crippen LogP contribution in [0.3, 0.4) is 0 Å². The predicted molar refractivity (Wildman–Crippen MR) is 119 cm³/mol. The van der Waals surface area contributed by atoms with Gasteiger partial charge in [0.15, 0.2) is 0 Å². The Morgan fingerprint density at radius 2 is 1.71 bits per heavy atom. The average molecular weight is 442 g/mol. The lowest BCUT2D eigenvalue weighted by Crippen LogP contribution is -2.51. The minimum absolute atomic E-state index is 0.161. The molecule has 1 saturated carbocycles. The van der Waals surface area contributed by atoms with E-state index < -0.39 is 16.2 Å². The van der Waals surface area contributed by atoms with Gasteiger partial charge in [0.25, 0.3) is 0 Å². The van der Waals surface area contributed by atoms with E-state index in [-0.39, 0.29) is 17.7 Å². The molecule has 0 spiro atoms. The molecule has 2 atom stereocenters. The van der Waals surface area contributed by atoms with Crippen molar-refractivity contribution in [2.45, 2.75) is 50.7 Å². The lowest BCUT2D eigenvalue weighted by molar-refractivity contribution is -0.123. The number of benzene rings is 2. The first kappa shape index (κ1) is 22.8. The molecule has 2 N–H and O–H groups in total. The van der Waals surface area contributed by atoms with E-state index in [1.54, 1.807) is 24.3 Å². The van der Waals surface area contributed by atoms with Crippen LogP contribution in [0.4, 0.5) is 0 Å². The van der Waals surface area contributed by atoms with Gasteiger partial charge in [0, 0.05) is 12.5 Å². The first-order valence-corrected chi connectivity index (χ1v) is 12.1. The fraction of sp³-hybridized carbons (Fsp3) is 0.391. The van der Waals surface area contributed by atoms with Crippen molar-refractivity contribution >= 4 is 16.0 Å². The van der Waals surface area contributed by atoms with Crippen LogP contribution >= 0.6 is 0 Å². The number of carbonyl (C=O) groups excluding carboxylic acids is 1. The van der Waals surface area contributed by atoms with Crippen LogP contribution in [-0.2, 0) is 21.3 Å². The van der Waals surface area contributed by atoms with Gasteiger partial charge in [-0.25, -0.2) is 0 Å². The third-order valence-electron chi connectivity index (χ3n) is 5.29. The highest BCUT2D eigenvalue weighted by atomic mass is 32.2. The van der Waals surface area contributed by atoms with Gasteiger partial charge in [-0.3, -0.25) is 4.79 Å². The summed E-state index contributed by atoms with van der Waals surface area (Å²) < 4.78 is 27.2. The Hall–Kier alpha value is -2.89. The number of rotatable bonds is 9. The van der Waals surface area contributed by atoms with Crippen molar-refractivity contribution < 1.29 is 17.4 Å². The molecule has 3 rings (SSSR count). The summed E-state index contributed by atoms with van der Waals surface area (Å²) >= 11 is 0. The van der Waals surface area contributed by atoms with E-state index in [1.165, 1.54) is 6.42 Å². The maximum absolute atomic E-state index is 12.4. The lowest BCUT2D eigenvalue weighted by atomic mass is 9.92. The summed E-state index contributed by atoms with van der Waals surface area (Å²) in [6.45, 7) is 1.82. The molecule has 2 aromatic rings. The third kappa shape index (κ3) is 6.81. The number of nitriles is 1. The van der Waals surface area contributed by atoms with Crippen LogP contribution in [0, 0.1) is 11.3 Å². The van der Waals surface area contributed by atoms with Gasteiger partial charge in [0.1, 0.15) is 11.8 Å². The molecule has 31 heavy (non-hydrogen) atoms. The second-order valence-corrected chi connectivity index (χ2v) is 9.49. The maximum atomic E-state index is 12.4. The molecule has 8 heteroatoms. The van der Waals surface area contributed by atoms with Crippen LogP contribution in [0.25, 0.3) is 11.1 Å². The van der Waals surface area contributed by atoms with E-state index in [9.17, 15) is 18.5 Å². The molecule has 7 nitrogen and oxygen atoms in total. The normalized spacial score (nSPS) is 15.9. The SMILES string of the molecule is CC(NC1CCC1)C(=O)N[C@H](C#N)Cc1ccc(-c2ccc(OS(C)(=O)=O)cc2)cc1. The van der Waals surface area contributed by atoms with Crippen molar-refractivity contribution in [1.82, 2.24) is 10.6 Å². The molecule has 0 saturated heterocycles. The zero-order chi connectivity index (χ0) is 22.4. The summed E-state index contributed by atoms with van der Waals surface area (Å²) in [4.78, 5) is 12.4. The highest BCUT2D eigenvalue weighted by molar-refractivity contribution is 7.86. The van der Waals surface area contributed by atoms with Crippen LogP contribution in [0.5, 0.6) is 5.75 Å². The number of carbonyl (C=O) groups is 1. The van der Waals surface area contributed by atoms with Crippen molar-refractivity contribution in [2.24, 2.45) is 0 Å². The van der Waals surface area contributed by atoms with Gasteiger partial charge in [0.2, 0.25) is 5.91 Å². The molecule has 1 fully saturated rings. The summed E-state index contributed by atoms with van der Waals surface area (Å²) in [5.41, 5.74) is 2.80. The molecule has 164 valence electrons. The smallest absolute Gasteiger partial charge is 0.306 e. The lowest BCUT2D eigenvalue weighted by Gasteiger charge is -2.29. The third-order valence-corrected chi connectivity index (χ3v) is 5.78. The Bertz CT molecular complexity index is 1040. The van der Waals surface area contributed by atoms with Gasteiger partial charge < -0.3 is 14.8 Å². The summed E-state index contributed by atoms with van der Waals surface area (Å²) in [6.07, 6.45) is 4.81. The first-order valence-electron chi connectivity index (χ1n) is 10.3. The van der Waals surface area contributed by atoms with Crippen LogP contribution < -0.4 is 14.8 Å². The molecular weight excluding hydrogens is 414 g/mol. The first-order chi connectivity index (χ1) is 14.7. The second-order valence-electron chi connectivity index (χ2n) is 7.92. The molecule has 1 unspecified atom stereocenters. The van der Waals surface area contributed by atoms with Crippen molar-refractivity contribution in [3.63, 3.8) is 0 Å². The molecule has 0 bridgehead atoms. The van der Waals surface area contributed by atoms with Crippen LogP contribution in [0.1, 0.15) is 31.7 Å². The molecule has 0 aromatic heterocycles. The minimum Gasteiger partial charge on any atom is -0.383 e. The Morgan fingerprint density at radius 3 is 2.19 bits per heavy atom. The van der Waals surface area contributed by atoms with Crippen LogP contribution in [0.2, 0.25) is 0 Å². The monoisotopic (exact) mass is 441 g/mol. The number of amides is 1. The van der Waals surface area contributed by atoms with Crippen molar-refractivity contribution in [1.29, 1.82) is 5.26 Å². The van der Waals surface area contributed by atoms with E-state index >= 15 is 0 Å². The van der Waals surface area contributed by atoms with E-state index in [2.05, 4.69) is 16.7 Å². The van der Waals surface area contributed by atoms with E-state index in [1.807, 2.05) is 31.2 Å². The topological polar surface area (TPSA) is 108 Å². The summed E-state index contributed by atoms with van der Waals surface area (Å²) in [5, 5.41) is 15.6. The molecule has 1 aliphatic rings. The Labute approximate surface area is 183 Å². The molecule has 0 radical (unpaired) electrons. The zero-order valence-corrected chi connectivity index (χ0v) is 18.5. The van der Waals surface area contributed by atoms with Crippen molar-refractivity contribution in [2.75, 3.05) is 6.26 Å². The minimum atomic E-state index is -3.55. The number of hydrogen-bond acceptors (Lipinski definition) is 6. The Morgan fingerprint density at radius 1 is 1.13 bits per heavy atom. The van der Waals surface area contributed by atoms with Crippen LogP contribution in [0.15, 0.2) is 48.5 Å². The largest absolute Gasteiger partial charge is 0.383 e. The van der Waals surface area contributed by atoms with Crippen molar-refractivity contribution in [3.05, 3.63) is 54.1 Å². The fourth-order valence-electron chi connectivity index (χ4n) is 3.38. The predicted octanol–water partition coefficient (Wildman–Crippen LogP) is 2.77. The number of nitrogens with one attached hydrogen (secondary N) is 2. The highest BCUT2D eigenvalue weighted by Gasteiger charge is 2.24. The van der Waals surface area contributed by atoms with E-state index in [0.717, 1.165) is 35.8 Å². The molecule has 0 heterocycles. The Kier molecular flexibility index (Phi) is 7.31.